The second kappa shape index (κ2) is 14.4. The average Bonchev–Trinajstić information content (AvgIpc) is 4.02. The number of hydrogen-bond donors (Lipinski definition) is 1. The van der Waals surface area contributed by atoms with Crippen molar-refractivity contribution >= 4 is 44.4 Å². The highest BCUT2D eigenvalue weighted by Crippen LogP contribution is 2.57. The van der Waals surface area contributed by atoms with E-state index in [1.165, 1.54) is 4.90 Å². The van der Waals surface area contributed by atoms with Crippen molar-refractivity contribution in [2.24, 2.45) is 28.6 Å². The molecule has 1 unspecified atom stereocenters. The van der Waals surface area contributed by atoms with E-state index in [0.29, 0.717) is 18.7 Å². The molecule has 2 aromatic rings. The first kappa shape index (κ1) is 37.7. The van der Waals surface area contributed by atoms with Crippen LogP contribution in [0.15, 0.2) is 37.1 Å². The van der Waals surface area contributed by atoms with Crippen LogP contribution >= 0.6 is 0 Å². The van der Waals surface area contributed by atoms with Crippen LogP contribution in [0.4, 0.5) is 0 Å². The summed E-state index contributed by atoms with van der Waals surface area (Å²) in [6, 6.07) is 4.86. The highest BCUT2D eigenvalue weighted by atomic mass is 32.2. The van der Waals surface area contributed by atoms with Crippen LogP contribution in [0, 0.1) is 28.6 Å². The van der Waals surface area contributed by atoms with Crippen LogP contribution < -0.4 is 14.2 Å². The Morgan fingerprint density at radius 1 is 1.19 bits per heavy atom. The first-order valence-corrected chi connectivity index (χ1v) is 19.9. The number of hydrogen-bond acceptors (Lipinski definition) is 10. The fourth-order valence-electron chi connectivity index (χ4n) is 7.74. The second-order valence-electron chi connectivity index (χ2n) is 16.3. The molecule has 3 fully saturated rings. The molecule has 2 saturated carbocycles. The molecule has 52 heavy (non-hydrogen) atoms. The number of ketones is 1. The molecule has 2 aliphatic heterocycles. The number of pyridine rings is 1. The summed E-state index contributed by atoms with van der Waals surface area (Å²) in [6.07, 6.45) is 5.90. The maximum atomic E-state index is 14.6. The van der Waals surface area contributed by atoms with Gasteiger partial charge in [0.1, 0.15) is 11.9 Å². The lowest BCUT2D eigenvalue weighted by Gasteiger charge is -2.35. The predicted molar refractivity (Wildman–Crippen MR) is 194 cm³/mol. The molecule has 2 amide bonds. The number of nitrogens with zero attached hydrogens (tertiary/aromatic N) is 2. The Kier molecular flexibility index (Phi) is 10.5. The Hall–Kier alpha value is -4.00. The minimum Gasteiger partial charge on any atom is -0.496 e. The van der Waals surface area contributed by atoms with Gasteiger partial charge in [0.25, 0.3) is 0 Å². The van der Waals surface area contributed by atoms with Gasteiger partial charge >= 0.3 is 5.97 Å². The van der Waals surface area contributed by atoms with Crippen LogP contribution in [-0.2, 0) is 40.4 Å². The average molecular weight is 738 g/mol. The number of aromatic nitrogens is 1. The van der Waals surface area contributed by atoms with E-state index in [-0.39, 0.29) is 56.4 Å². The van der Waals surface area contributed by atoms with Crippen LogP contribution in [0.1, 0.15) is 84.6 Å². The van der Waals surface area contributed by atoms with Gasteiger partial charge in [0.2, 0.25) is 27.7 Å². The van der Waals surface area contributed by atoms with Crippen molar-refractivity contribution in [2.75, 3.05) is 20.3 Å². The number of rotatable bonds is 8. The predicted octanol–water partition coefficient (Wildman–Crippen LogP) is 4.92. The zero-order valence-corrected chi connectivity index (χ0v) is 31.6. The van der Waals surface area contributed by atoms with Crippen LogP contribution in [0.2, 0.25) is 0 Å². The number of allylic oxidation sites excluding steroid dienone is 1. The fourth-order valence-corrected chi connectivity index (χ4v) is 9.13. The SMILES string of the molecule is C=C[C@H]1C[C@]1(CC(=O)[C@@H]1C[C@@H]2CN1C(=O)[C@H](C(C)(C)C)CC(=O)OCC(C)CCCc1cc3c(nccc3cc1OC)O2)C(=O)NS(=O)(=O)C1CC1. The molecule has 1 saturated heterocycles. The number of sulfonamides is 1. The van der Waals surface area contributed by atoms with E-state index in [1.54, 1.807) is 19.4 Å². The number of carbonyl (C=O) groups is 4. The molecule has 282 valence electrons. The van der Waals surface area contributed by atoms with Crippen molar-refractivity contribution < 1.29 is 41.8 Å². The van der Waals surface area contributed by atoms with Gasteiger partial charge in [-0.25, -0.2) is 13.4 Å². The molecule has 1 aromatic carbocycles. The molecule has 13 heteroatoms. The topological polar surface area (TPSA) is 158 Å². The molecule has 6 rings (SSSR count). The van der Waals surface area contributed by atoms with Crippen LogP contribution in [-0.4, -0.2) is 79.5 Å². The summed E-state index contributed by atoms with van der Waals surface area (Å²) >= 11 is 0. The number of amides is 2. The molecule has 6 atom stereocenters. The van der Waals surface area contributed by atoms with Gasteiger partial charge in [0, 0.05) is 24.4 Å². The summed E-state index contributed by atoms with van der Waals surface area (Å²) in [6.45, 7) is 11.8. The number of Topliss-reactive ketones (excluding diaryl/α,β-unsaturated/α-hetero) is 1. The maximum absolute atomic E-state index is 14.6. The summed E-state index contributed by atoms with van der Waals surface area (Å²) in [5, 5.41) is 1.04. The van der Waals surface area contributed by atoms with Crippen molar-refractivity contribution in [3.05, 3.63) is 42.6 Å². The van der Waals surface area contributed by atoms with Crippen molar-refractivity contribution in [3.63, 3.8) is 0 Å². The first-order chi connectivity index (χ1) is 24.6. The summed E-state index contributed by atoms with van der Waals surface area (Å²) in [5.41, 5.74) is -0.960. The maximum Gasteiger partial charge on any atom is 0.306 e. The summed E-state index contributed by atoms with van der Waals surface area (Å²) in [5.74, 6) is -1.96. The Morgan fingerprint density at radius 2 is 1.94 bits per heavy atom. The quantitative estimate of drug-likeness (QED) is 0.291. The molecule has 0 radical (unpaired) electrons. The van der Waals surface area contributed by atoms with E-state index in [2.05, 4.69) is 16.3 Å². The van der Waals surface area contributed by atoms with Gasteiger partial charge in [-0.3, -0.25) is 23.9 Å². The van der Waals surface area contributed by atoms with Gasteiger partial charge < -0.3 is 19.1 Å². The number of esters is 1. The number of nitrogens with one attached hydrogen (secondary N) is 1. The van der Waals surface area contributed by atoms with Gasteiger partial charge in [-0.1, -0.05) is 33.8 Å². The lowest BCUT2D eigenvalue weighted by atomic mass is 9.77. The molecule has 12 nitrogen and oxygen atoms in total. The second-order valence-corrected chi connectivity index (χ2v) is 18.3. The molecule has 4 aliphatic rings. The Morgan fingerprint density at radius 3 is 2.60 bits per heavy atom. The molecule has 1 aromatic heterocycles. The van der Waals surface area contributed by atoms with Crippen molar-refractivity contribution in [1.29, 1.82) is 0 Å². The van der Waals surface area contributed by atoms with Gasteiger partial charge in [-0.05, 0) is 84.9 Å². The number of methoxy groups -OCH3 is 1. The number of aryl methyl sites for hydroxylation is 1. The monoisotopic (exact) mass is 737 g/mol. The highest BCUT2D eigenvalue weighted by molar-refractivity contribution is 7.90. The summed E-state index contributed by atoms with van der Waals surface area (Å²) in [7, 11) is -2.21. The lowest BCUT2D eigenvalue weighted by Crippen LogP contribution is -2.48. The lowest BCUT2D eigenvalue weighted by molar-refractivity contribution is -0.154. The molecule has 4 bridgehead atoms. The molecular formula is C39H51N3O9S. The van der Waals surface area contributed by atoms with Crippen LogP contribution in [0.25, 0.3) is 10.8 Å². The Labute approximate surface area is 306 Å². The molecule has 1 N–H and O–H groups in total. The van der Waals surface area contributed by atoms with E-state index < -0.39 is 62.0 Å². The minimum absolute atomic E-state index is 0.0507. The van der Waals surface area contributed by atoms with E-state index in [9.17, 15) is 27.6 Å². The third kappa shape index (κ3) is 7.84. The number of benzene rings is 1. The first-order valence-electron chi connectivity index (χ1n) is 18.4. The van der Waals surface area contributed by atoms with Gasteiger partial charge in [0.15, 0.2) is 5.78 Å². The largest absolute Gasteiger partial charge is 0.496 e. The number of carbonyl (C=O) groups excluding carboxylic acids is 4. The molecule has 3 heterocycles. The number of ether oxygens (including phenoxy) is 3. The molecule has 2 aliphatic carbocycles. The normalized spacial score (nSPS) is 28.7. The van der Waals surface area contributed by atoms with Gasteiger partial charge in [0.05, 0.1) is 49.3 Å². The third-order valence-corrected chi connectivity index (χ3v) is 13.1. The van der Waals surface area contributed by atoms with Crippen molar-refractivity contribution in [3.8, 4) is 11.6 Å². The molecular weight excluding hydrogens is 687 g/mol. The van der Waals surface area contributed by atoms with E-state index in [4.69, 9.17) is 14.2 Å². The third-order valence-electron chi connectivity index (χ3n) is 11.3. The molecule has 0 spiro atoms. The fraction of sp³-hybridized carbons (Fsp3) is 0.615. The minimum atomic E-state index is -3.84. The zero-order chi connectivity index (χ0) is 37.6. The van der Waals surface area contributed by atoms with Crippen molar-refractivity contribution in [1.82, 2.24) is 14.6 Å². The van der Waals surface area contributed by atoms with Crippen LogP contribution in [0.3, 0.4) is 0 Å². The zero-order valence-electron chi connectivity index (χ0n) is 30.8. The summed E-state index contributed by atoms with van der Waals surface area (Å²) < 4.78 is 45.7. The Balaban J connectivity index is 1.35. The summed E-state index contributed by atoms with van der Waals surface area (Å²) in [4.78, 5) is 61.8. The van der Waals surface area contributed by atoms with E-state index >= 15 is 0 Å². The van der Waals surface area contributed by atoms with E-state index in [0.717, 1.165) is 41.3 Å². The number of fused-ring (bicyclic) bond motifs is 3. The van der Waals surface area contributed by atoms with Gasteiger partial charge in [-0.2, -0.15) is 0 Å². The van der Waals surface area contributed by atoms with Crippen molar-refractivity contribution in [2.45, 2.75) is 103 Å². The van der Waals surface area contributed by atoms with E-state index in [1.807, 2.05) is 45.9 Å². The van der Waals surface area contributed by atoms with Crippen LogP contribution in [0.5, 0.6) is 11.6 Å². The highest BCUT2D eigenvalue weighted by Gasteiger charge is 2.61. The number of cyclic esters (lactones) is 1. The standard InChI is InChI=1S/C39H51N3O9S/c1-7-26-19-39(26,37(46)41-52(47,48)28-11-12-28)20-32(43)31-17-27-21-42(31)36(45)30(38(3,4)5)18-34(44)50-22-23(2)9-8-10-25-15-29-24(16-33(25)49-6)13-14-40-35(29)51-27/h7,13-16,23,26-28,30-31H,1,8-12,17-22H2,2-6H3,(H,41,46)/t23?,26-,27+,30+,31-,39+/m0/s1. The smallest absolute Gasteiger partial charge is 0.306 e. The Bertz CT molecular complexity index is 1870. The van der Waals surface area contributed by atoms with Gasteiger partial charge in [-0.15, -0.1) is 6.58 Å².